The Morgan fingerprint density at radius 3 is 2.81 bits per heavy atom. The highest BCUT2D eigenvalue weighted by molar-refractivity contribution is 5.68. The Kier molecular flexibility index (Phi) is 3.30. The second kappa shape index (κ2) is 4.49. The van der Waals surface area contributed by atoms with E-state index in [-0.39, 0.29) is 11.4 Å². The summed E-state index contributed by atoms with van der Waals surface area (Å²) in [4.78, 5) is 21.9. The minimum atomic E-state index is -1.13. The molecule has 0 radical (unpaired) electrons. The summed E-state index contributed by atoms with van der Waals surface area (Å²) in [6.07, 6.45) is 0. The number of nitriles is 1. The van der Waals surface area contributed by atoms with Gasteiger partial charge in [0.1, 0.15) is 11.6 Å². The van der Waals surface area contributed by atoms with E-state index in [2.05, 4.69) is 0 Å². The number of aryl methyl sites for hydroxylation is 1. The molecule has 6 heteroatoms. The number of aromatic nitrogens is 1. The highest BCUT2D eigenvalue weighted by atomic mass is 16.5. The van der Waals surface area contributed by atoms with E-state index in [1.54, 1.807) is 13.0 Å². The van der Waals surface area contributed by atoms with Crippen LogP contribution in [-0.2, 0) is 11.8 Å². The third kappa shape index (κ3) is 2.20. The zero-order valence-electron chi connectivity index (χ0n) is 8.85. The first kappa shape index (κ1) is 11.8. The van der Waals surface area contributed by atoms with Crippen molar-refractivity contribution >= 4 is 5.97 Å². The molecule has 0 bridgehead atoms. The third-order valence-corrected chi connectivity index (χ3v) is 2.04. The van der Waals surface area contributed by atoms with E-state index in [1.807, 2.05) is 0 Å². The SMILES string of the molecule is Cc1cc(OCC(=O)O)n(C)c(=O)c1C#N. The molecule has 0 atom stereocenters. The molecule has 1 heterocycles. The molecular weight excluding hydrogens is 212 g/mol. The van der Waals surface area contributed by atoms with Crippen molar-refractivity contribution in [2.24, 2.45) is 7.05 Å². The minimum absolute atomic E-state index is 0.0326. The van der Waals surface area contributed by atoms with Crippen LogP contribution < -0.4 is 10.3 Å². The van der Waals surface area contributed by atoms with Gasteiger partial charge in [0.2, 0.25) is 0 Å². The maximum atomic E-state index is 11.6. The van der Waals surface area contributed by atoms with Gasteiger partial charge in [0.25, 0.3) is 5.56 Å². The topological polar surface area (TPSA) is 92.3 Å². The van der Waals surface area contributed by atoms with Crippen molar-refractivity contribution in [2.45, 2.75) is 6.92 Å². The van der Waals surface area contributed by atoms with E-state index in [1.165, 1.54) is 13.1 Å². The van der Waals surface area contributed by atoms with Gasteiger partial charge in [-0.15, -0.1) is 0 Å². The predicted octanol–water partition coefficient (Wildman–Crippen LogP) is 0.0288. The highest BCUT2D eigenvalue weighted by Crippen LogP contribution is 2.12. The second-order valence-corrected chi connectivity index (χ2v) is 3.20. The molecule has 1 aromatic heterocycles. The van der Waals surface area contributed by atoms with Crippen molar-refractivity contribution in [3.05, 3.63) is 27.5 Å². The molecule has 0 spiro atoms. The summed E-state index contributed by atoms with van der Waals surface area (Å²) >= 11 is 0. The number of carbonyl (C=O) groups is 1. The Hall–Kier alpha value is -2.29. The molecule has 6 nitrogen and oxygen atoms in total. The van der Waals surface area contributed by atoms with Crippen LogP contribution in [0.25, 0.3) is 0 Å². The number of hydrogen-bond donors (Lipinski definition) is 1. The normalized spacial score (nSPS) is 9.56. The predicted molar refractivity (Wildman–Crippen MR) is 54.3 cm³/mol. The molecule has 0 unspecified atom stereocenters. The van der Waals surface area contributed by atoms with Crippen LogP contribution in [0.15, 0.2) is 10.9 Å². The number of aliphatic carboxylic acids is 1. The molecule has 0 fully saturated rings. The van der Waals surface area contributed by atoms with Crippen molar-refractivity contribution in [3.8, 4) is 11.9 Å². The highest BCUT2D eigenvalue weighted by Gasteiger charge is 2.11. The Balaban J connectivity index is 3.20. The molecule has 84 valence electrons. The summed E-state index contributed by atoms with van der Waals surface area (Å²) in [5, 5.41) is 17.2. The number of nitrogens with zero attached hydrogens (tertiary/aromatic N) is 2. The lowest BCUT2D eigenvalue weighted by Gasteiger charge is -2.10. The Morgan fingerprint density at radius 2 is 2.31 bits per heavy atom. The van der Waals surface area contributed by atoms with Gasteiger partial charge in [-0.1, -0.05) is 0 Å². The lowest BCUT2D eigenvalue weighted by Crippen LogP contribution is -2.24. The Morgan fingerprint density at radius 1 is 1.69 bits per heavy atom. The molecule has 0 saturated carbocycles. The van der Waals surface area contributed by atoms with Gasteiger partial charge in [0.15, 0.2) is 12.5 Å². The molecule has 0 saturated heterocycles. The van der Waals surface area contributed by atoms with Crippen LogP contribution in [-0.4, -0.2) is 22.2 Å². The average molecular weight is 222 g/mol. The zero-order valence-corrected chi connectivity index (χ0v) is 8.85. The van der Waals surface area contributed by atoms with Crippen molar-refractivity contribution < 1.29 is 14.6 Å². The van der Waals surface area contributed by atoms with Gasteiger partial charge in [0.05, 0.1) is 0 Å². The first-order valence-corrected chi connectivity index (χ1v) is 4.42. The molecular formula is C10H10N2O4. The molecule has 0 aliphatic heterocycles. The van der Waals surface area contributed by atoms with Crippen molar-refractivity contribution in [2.75, 3.05) is 6.61 Å². The molecule has 16 heavy (non-hydrogen) atoms. The van der Waals surface area contributed by atoms with E-state index in [0.29, 0.717) is 5.56 Å². The quantitative estimate of drug-likeness (QED) is 0.778. The molecule has 0 aromatic carbocycles. The number of ether oxygens (including phenoxy) is 1. The van der Waals surface area contributed by atoms with Crippen LogP contribution in [0, 0.1) is 18.3 Å². The number of carboxylic acid groups (broad SMARTS) is 1. The molecule has 0 aliphatic carbocycles. The lowest BCUT2D eigenvalue weighted by molar-refractivity contribution is -0.139. The lowest BCUT2D eigenvalue weighted by atomic mass is 10.2. The van der Waals surface area contributed by atoms with Crippen LogP contribution in [0.5, 0.6) is 5.88 Å². The van der Waals surface area contributed by atoms with Gasteiger partial charge < -0.3 is 9.84 Å². The van der Waals surface area contributed by atoms with Crippen molar-refractivity contribution in [1.82, 2.24) is 4.57 Å². The Bertz CT molecular complexity index is 525. The molecule has 1 N–H and O–H groups in total. The standard InChI is InChI=1S/C10H10N2O4/c1-6-3-8(16-5-9(13)14)12(2)10(15)7(6)4-11/h3H,5H2,1-2H3,(H,13,14). The molecule has 0 aliphatic rings. The summed E-state index contributed by atoms with van der Waals surface area (Å²) in [5.74, 6) is -1.00. The summed E-state index contributed by atoms with van der Waals surface area (Å²) in [5.41, 5.74) is -0.000877. The number of pyridine rings is 1. The van der Waals surface area contributed by atoms with Gasteiger partial charge in [-0.3, -0.25) is 9.36 Å². The molecule has 1 rings (SSSR count). The van der Waals surface area contributed by atoms with E-state index in [9.17, 15) is 9.59 Å². The van der Waals surface area contributed by atoms with Crippen LogP contribution in [0.3, 0.4) is 0 Å². The average Bonchev–Trinajstić information content (AvgIpc) is 2.22. The van der Waals surface area contributed by atoms with E-state index >= 15 is 0 Å². The molecule has 0 amide bonds. The maximum absolute atomic E-state index is 11.6. The first-order chi connectivity index (χ1) is 7.47. The van der Waals surface area contributed by atoms with Crippen molar-refractivity contribution in [1.29, 1.82) is 5.26 Å². The summed E-state index contributed by atoms with van der Waals surface area (Å²) in [6, 6.07) is 3.25. The van der Waals surface area contributed by atoms with Gasteiger partial charge in [-0.25, -0.2) is 4.79 Å². The fourth-order valence-electron chi connectivity index (χ4n) is 1.20. The minimum Gasteiger partial charge on any atom is -0.479 e. The fourth-order valence-corrected chi connectivity index (χ4v) is 1.20. The van der Waals surface area contributed by atoms with E-state index < -0.39 is 18.1 Å². The van der Waals surface area contributed by atoms with Gasteiger partial charge in [0, 0.05) is 13.1 Å². The zero-order chi connectivity index (χ0) is 12.3. The van der Waals surface area contributed by atoms with Crippen LogP contribution >= 0.6 is 0 Å². The summed E-state index contributed by atoms with van der Waals surface area (Å²) < 4.78 is 6.02. The fraction of sp³-hybridized carbons (Fsp3) is 0.300. The van der Waals surface area contributed by atoms with E-state index in [4.69, 9.17) is 15.1 Å². The third-order valence-electron chi connectivity index (χ3n) is 2.04. The number of hydrogen-bond acceptors (Lipinski definition) is 4. The van der Waals surface area contributed by atoms with Crippen LogP contribution in [0.1, 0.15) is 11.1 Å². The number of carboxylic acids is 1. The molecule has 1 aromatic rings. The van der Waals surface area contributed by atoms with Crippen LogP contribution in [0.4, 0.5) is 0 Å². The monoisotopic (exact) mass is 222 g/mol. The smallest absolute Gasteiger partial charge is 0.341 e. The first-order valence-electron chi connectivity index (χ1n) is 4.42. The number of rotatable bonds is 3. The largest absolute Gasteiger partial charge is 0.479 e. The Labute approximate surface area is 91.3 Å². The van der Waals surface area contributed by atoms with Crippen molar-refractivity contribution in [3.63, 3.8) is 0 Å². The second-order valence-electron chi connectivity index (χ2n) is 3.20. The summed E-state index contributed by atoms with van der Waals surface area (Å²) in [6.45, 7) is 1.06. The van der Waals surface area contributed by atoms with Gasteiger partial charge in [-0.2, -0.15) is 5.26 Å². The summed E-state index contributed by atoms with van der Waals surface area (Å²) in [7, 11) is 1.42. The van der Waals surface area contributed by atoms with E-state index in [0.717, 1.165) is 4.57 Å². The maximum Gasteiger partial charge on any atom is 0.341 e. The van der Waals surface area contributed by atoms with Crippen LogP contribution in [0.2, 0.25) is 0 Å². The van der Waals surface area contributed by atoms with Gasteiger partial charge >= 0.3 is 5.97 Å². The van der Waals surface area contributed by atoms with Gasteiger partial charge in [-0.05, 0) is 12.5 Å².